The van der Waals surface area contributed by atoms with Crippen LogP contribution < -0.4 is 4.74 Å². The summed E-state index contributed by atoms with van der Waals surface area (Å²) in [5.74, 6) is 0.478. The molecule has 0 aromatic carbocycles. The molecule has 0 aliphatic carbocycles. The van der Waals surface area contributed by atoms with Crippen LogP contribution in [0, 0.1) is 18.3 Å². The van der Waals surface area contributed by atoms with Crippen LogP contribution in [0.2, 0.25) is 0 Å². The predicted octanol–water partition coefficient (Wildman–Crippen LogP) is 4.00. The molecule has 1 rings (SSSR count). The van der Waals surface area contributed by atoms with Crippen molar-refractivity contribution in [2.75, 3.05) is 6.61 Å². The number of aromatic nitrogens is 1. The Labute approximate surface area is 110 Å². The van der Waals surface area contributed by atoms with Gasteiger partial charge in [0.05, 0.1) is 6.61 Å². The third kappa shape index (κ3) is 5.18. The van der Waals surface area contributed by atoms with Crippen molar-refractivity contribution in [3.8, 4) is 11.9 Å². The smallest absolute Gasteiger partial charge is 0.231 e. The van der Waals surface area contributed by atoms with Gasteiger partial charge in [0.1, 0.15) is 11.6 Å². The number of pyridine rings is 1. The van der Waals surface area contributed by atoms with E-state index in [4.69, 9.17) is 10.00 Å². The first kappa shape index (κ1) is 14.5. The quantitative estimate of drug-likeness (QED) is 0.651. The van der Waals surface area contributed by atoms with Crippen molar-refractivity contribution in [3.63, 3.8) is 0 Å². The van der Waals surface area contributed by atoms with E-state index < -0.39 is 0 Å². The first-order valence-electron chi connectivity index (χ1n) is 6.78. The molecule has 0 saturated carbocycles. The molecule has 0 amide bonds. The van der Waals surface area contributed by atoms with Gasteiger partial charge in [-0.1, -0.05) is 39.0 Å². The second kappa shape index (κ2) is 8.52. The van der Waals surface area contributed by atoms with Gasteiger partial charge < -0.3 is 4.74 Å². The van der Waals surface area contributed by atoms with Crippen LogP contribution in [-0.4, -0.2) is 11.6 Å². The van der Waals surface area contributed by atoms with Crippen molar-refractivity contribution in [2.24, 2.45) is 0 Å². The Bertz CT molecular complexity index is 396. The van der Waals surface area contributed by atoms with Crippen LogP contribution in [-0.2, 0) is 0 Å². The molecular weight excluding hydrogens is 224 g/mol. The molecule has 98 valence electrons. The second-order valence-electron chi connectivity index (χ2n) is 4.53. The van der Waals surface area contributed by atoms with E-state index in [2.05, 4.69) is 18.0 Å². The van der Waals surface area contributed by atoms with Crippen molar-refractivity contribution in [1.82, 2.24) is 4.98 Å². The molecule has 0 fully saturated rings. The number of rotatable bonds is 8. The lowest BCUT2D eigenvalue weighted by Crippen LogP contribution is -2.02. The van der Waals surface area contributed by atoms with E-state index in [0.717, 1.165) is 12.1 Å². The van der Waals surface area contributed by atoms with Crippen LogP contribution in [0.15, 0.2) is 12.1 Å². The third-order valence-electron chi connectivity index (χ3n) is 2.86. The van der Waals surface area contributed by atoms with E-state index in [-0.39, 0.29) is 0 Å². The lowest BCUT2D eigenvalue weighted by atomic mass is 10.1. The molecule has 0 unspecified atom stereocenters. The number of unbranched alkanes of at least 4 members (excludes halogenated alkanes) is 5. The topological polar surface area (TPSA) is 45.9 Å². The third-order valence-corrected chi connectivity index (χ3v) is 2.86. The summed E-state index contributed by atoms with van der Waals surface area (Å²) in [6.45, 7) is 4.77. The van der Waals surface area contributed by atoms with Crippen LogP contribution in [0.3, 0.4) is 0 Å². The Hall–Kier alpha value is -1.56. The predicted molar refractivity (Wildman–Crippen MR) is 72.6 cm³/mol. The Morgan fingerprint density at radius 3 is 2.61 bits per heavy atom. The van der Waals surface area contributed by atoms with Gasteiger partial charge in [-0.25, -0.2) is 4.98 Å². The molecule has 0 saturated heterocycles. The fourth-order valence-corrected chi connectivity index (χ4v) is 1.78. The SMILES string of the molecule is CCCCCCCCOc1nc(C)ccc1C#N. The highest BCUT2D eigenvalue weighted by Crippen LogP contribution is 2.15. The van der Waals surface area contributed by atoms with Gasteiger partial charge in [-0.2, -0.15) is 5.26 Å². The highest BCUT2D eigenvalue weighted by atomic mass is 16.5. The largest absolute Gasteiger partial charge is 0.477 e. The normalized spacial score (nSPS) is 10.1. The first-order valence-corrected chi connectivity index (χ1v) is 6.78. The minimum Gasteiger partial charge on any atom is -0.477 e. The molecule has 0 atom stereocenters. The fraction of sp³-hybridized carbons (Fsp3) is 0.600. The molecular formula is C15H22N2O. The average molecular weight is 246 g/mol. The minimum absolute atomic E-state index is 0.478. The van der Waals surface area contributed by atoms with E-state index in [9.17, 15) is 0 Å². The molecule has 1 aromatic rings. The van der Waals surface area contributed by atoms with Crippen molar-refractivity contribution in [2.45, 2.75) is 52.4 Å². The maximum Gasteiger partial charge on any atom is 0.231 e. The van der Waals surface area contributed by atoms with E-state index in [0.29, 0.717) is 18.1 Å². The van der Waals surface area contributed by atoms with Gasteiger partial charge in [-0.3, -0.25) is 0 Å². The zero-order valence-electron chi connectivity index (χ0n) is 11.4. The van der Waals surface area contributed by atoms with Gasteiger partial charge in [0, 0.05) is 5.69 Å². The molecule has 0 bridgehead atoms. The van der Waals surface area contributed by atoms with E-state index in [1.165, 1.54) is 32.1 Å². The zero-order chi connectivity index (χ0) is 13.2. The van der Waals surface area contributed by atoms with Gasteiger partial charge in [0.25, 0.3) is 0 Å². The average Bonchev–Trinajstić information content (AvgIpc) is 2.38. The summed E-state index contributed by atoms with van der Waals surface area (Å²) in [4.78, 5) is 4.25. The first-order chi connectivity index (χ1) is 8.77. The maximum atomic E-state index is 8.94. The zero-order valence-corrected chi connectivity index (χ0v) is 11.4. The van der Waals surface area contributed by atoms with Crippen LogP contribution >= 0.6 is 0 Å². The van der Waals surface area contributed by atoms with E-state index in [1.54, 1.807) is 6.07 Å². The van der Waals surface area contributed by atoms with Crippen molar-refractivity contribution >= 4 is 0 Å². The van der Waals surface area contributed by atoms with Gasteiger partial charge in [0.15, 0.2) is 0 Å². The van der Waals surface area contributed by atoms with Gasteiger partial charge >= 0.3 is 0 Å². The summed E-state index contributed by atoms with van der Waals surface area (Å²) >= 11 is 0. The molecule has 1 heterocycles. The van der Waals surface area contributed by atoms with Crippen LogP contribution in [0.4, 0.5) is 0 Å². The Balaban J connectivity index is 2.27. The summed E-state index contributed by atoms with van der Waals surface area (Å²) in [5.41, 5.74) is 1.40. The molecule has 1 aromatic heterocycles. The highest BCUT2D eigenvalue weighted by Gasteiger charge is 2.04. The van der Waals surface area contributed by atoms with Crippen molar-refractivity contribution in [3.05, 3.63) is 23.4 Å². The molecule has 0 radical (unpaired) electrons. The molecule has 0 aliphatic rings. The van der Waals surface area contributed by atoms with Crippen LogP contribution in [0.1, 0.15) is 56.7 Å². The molecule has 3 nitrogen and oxygen atoms in total. The number of hydrogen-bond acceptors (Lipinski definition) is 3. The fourth-order valence-electron chi connectivity index (χ4n) is 1.78. The summed E-state index contributed by atoms with van der Waals surface area (Å²) in [7, 11) is 0. The van der Waals surface area contributed by atoms with Crippen LogP contribution in [0.5, 0.6) is 5.88 Å². The number of nitrogens with zero attached hydrogens (tertiary/aromatic N) is 2. The molecule has 0 N–H and O–H groups in total. The molecule has 18 heavy (non-hydrogen) atoms. The van der Waals surface area contributed by atoms with Gasteiger partial charge in [0.2, 0.25) is 5.88 Å². The molecule has 3 heteroatoms. The number of ether oxygens (including phenoxy) is 1. The molecule has 0 aliphatic heterocycles. The van der Waals surface area contributed by atoms with Crippen molar-refractivity contribution in [1.29, 1.82) is 5.26 Å². The maximum absolute atomic E-state index is 8.94. The Kier molecular flexibility index (Phi) is 6.86. The molecule has 0 spiro atoms. The summed E-state index contributed by atoms with van der Waals surface area (Å²) < 4.78 is 5.58. The van der Waals surface area contributed by atoms with Gasteiger partial charge in [-0.15, -0.1) is 0 Å². The Morgan fingerprint density at radius 2 is 1.89 bits per heavy atom. The summed E-state index contributed by atoms with van der Waals surface area (Å²) in [6.07, 6.45) is 7.39. The monoisotopic (exact) mass is 246 g/mol. The van der Waals surface area contributed by atoms with E-state index in [1.807, 2.05) is 13.0 Å². The number of nitriles is 1. The summed E-state index contributed by atoms with van der Waals surface area (Å²) in [6, 6.07) is 5.70. The van der Waals surface area contributed by atoms with Crippen LogP contribution in [0.25, 0.3) is 0 Å². The summed E-state index contributed by atoms with van der Waals surface area (Å²) in [5, 5.41) is 8.94. The number of aryl methyl sites for hydroxylation is 1. The van der Waals surface area contributed by atoms with Crippen molar-refractivity contribution < 1.29 is 4.74 Å². The minimum atomic E-state index is 0.478. The Morgan fingerprint density at radius 1 is 1.17 bits per heavy atom. The lowest BCUT2D eigenvalue weighted by Gasteiger charge is -2.07. The number of hydrogen-bond donors (Lipinski definition) is 0. The standard InChI is InChI=1S/C15H22N2O/c1-3-4-5-6-7-8-11-18-15-14(12-16)10-9-13(2)17-15/h9-10H,3-8,11H2,1-2H3. The lowest BCUT2D eigenvalue weighted by molar-refractivity contribution is 0.292. The van der Waals surface area contributed by atoms with Gasteiger partial charge in [-0.05, 0) is 25.5 Å². The second-order valence-corrected chi connectivity index (χ2v) is 4.53. The highest BCUT2D eigenvalue weighted by molar-refractivity contribution is 5.38. The van der Waals surface area contributed by atoms with E-state index >= 15 is 0 Å².